The lowest BCUT2D eigenvalue weighted by Crippen LogP contribution is -2.43. The van der Waals surface area contributed by atoms with E-state index in [0.29, 0.717) is 10.2 Å². The zero-order valence-electron chi connectivity index (χ0n) is 9.94. The number of aromatic nitrogens is 1. The second-order valence-corrected chi connectivity index (χ2v) is 4.29. The first-order chi connectivity index (χ1) is 8.10. The molecule has 1 rings (SSSR count). The van der Waals surface area contributed by atoms with E-state index in [2.05, 4.69) is 26.2 Å². The number of carbonyl (C=O) groups excluding carboxylic acids is 1. The second-order valence-electron chi connectivity index (χ2n) is 3.44. The fraction of sp³-hybridized carbons (Fsp3) is 0.455. The number of methoxy groups -OCH3 is 2. The molecule has 0 aliphatic carbocycles. The van der Waals surface area contributed by atoms with Crippen molar-refractivity contribution in [2.45, 2.75) is 19.3 Å². The van der Waals surface area contributed by atoms with Gasteiger partial charge in [0.1, 0.15) is 5.69 Å². The molecule has 0 aliphatic rings. The molecule has 0 aliphatic heterocycles. The molecule has 0 spiro atoms. The molecule has 1 unspecified atom stereocenters. The van der Waals surface area contributed by atoms with Crippen molar-refractivity contribution in [2.24, 2.45) is 0 Å². The number of rotatable bonds is 5. The van der Waals surface area contributed by atoms with Crippen molar-refractivity contribution in [1.29, 1.82) is 0 Å². The molecule has 1 amide bonds. The average Bonchev–Trinajstić information content (AvgIpc) is 2.31. The van der Waals surface area contributed by atoms with Crippen LogP contribution >= 0.6 is 15.9 Å². The molecular formula is C11H15BrN2O3. The minimum absolute atomic E-state index is 0.272. The number of nitrogens with zero attached hydrogens (tertiary/aromatic N) is 1. The Morgan fingerprint density at radius 2 is 2.12 bits per heavy atom. The van der Waals surface area contributed by atoms with Crippen molar-refractivity contribution in [2.75, 3.05) is 14.2 Å². The Morgan fingerprint density at radius 1 is 1.47 bits per heavy atom. The van der Waals surface area contributed by atoms with Gasteiger partial charge in [0.15, 0.2) is 6.29 Å². The summed E-state index contributed by atoms with van der Waals surface area (Å²) in [6, 6.07) is 3.24. The van der Waals surface area contributed by atoms with Crippen LogP contribution in [0.15, 0.2) is 22.8 Å². The average molecular weight is 303 g/mol. The summed E-state index contributed by atoms with van der Waals surface area (Å²) < 4.78 is 10.8. The predicted octanol–water partition coefficient (Wildman–Crippen LogP) is 1.58. The Hall–Kier alpha value is -0.980. The standard InChI is InChI=1S/C11H15BrN2O3/c1-7(11(16-2)17-3)14-10(15)9-8(12)5-4-6-13-9/h4-7,11H,1-3H3,(H,14,15). The van der Waals surface area contributed by atoms with Crippen LogP contribution in [-0.2, 0) is 9.47 Å². The van der Waals surface area contributed by atoms with E-state index in [4.69, 9.17) is 9.47 Å². The van der Waals surface area contributed by atoms with Gasteiger partial charge < -0.3 is 14.8 Å². The minimum atomic E-state index is -0.485. The van der Waals surface area contributed by atoms with Crippen LogP contribution in [0.2, 0.25) is 0 Å². The maximum Gasteiger partial charge on any atom is 0.271 e. The highest BCUT2D eigenvalue weighted by Crippen LogP contribution is 2.13. The zero-order chi connectivity index (χ0) is 12.8. The van der Waals surface area contributed by atoms with E-state index in [0.717, 1.165) is 0 Å². The highest BCUT2D eigenvalue weighted by molar-refractivity contribution is 9.10. The van der Waals surface area contributed by atoms with Crippen LogP contribution in [0.1, 0.15) is 17.4 Å². The van der Waals surface area contributed by atoms with Crippen molar-refractivity contribution >= 4 is 21.8 Å². The van der Waals surface area contributed by atoms with Crippen molar-refractivity contribution in [3.63, 3.8) is 0 Å². The molecule has 0 radical (unpaired) electrons. The summed E-state index contributed by atoms with van der Waals surface area (Å²) in [4.78, 5) is 15.9. The molecule has 6 heteroatoms. The molecule has 5 nitrogen and oxygen atoms in total. The van der Waals surface area contributed by atoms with Gasteiger partial charge in [-0.1, -0.05) is 0 Å². The van der Waals surface area contributed by atoms with Gasteiger partial charge in [-0.3, -0.25) is 4.79 Å². The second kappa shape index (κ2) is 6.68. The SMILES string of the molecule is COC(OC)C(C)NC(=O)c1ncccc1Br. The molecule has 0 bridgehead atoms. The summed E-state index contributed by atoms with van der Waals surface area (Å²) >= 11 is 3.27. The lowest BCUT2D eigenvalue weighted by atomic mass is 10.3. The Morgan fingerprint density at radius 3 is 2.65 bits per heavy atom. The lowest BCUT2D eigenvalue weighted by Gasteiger charge is -2.22. The quantitative estimate of drug-likeness (QED) is 0.839. The van der Waals surface area contributed by atoms with Crippen molar-refractivity contribution in [3.05, 3.63) is 28.5 Å². The van der Waals surface area contributed by atoms with Gasteiger partial charge in [0.25, 0.3) is 5.91 Å². The fourth-order valence-corrected chi connectivity index (χ4v) is 1.84. The predicted molar refractivity (Wildman–Crippen MR) is 66.7 cm³/mol. The van der Waals surface area contributed by atoms with Gasteiger partial charge in [0.2, 0.25) is 0 Å². The van der Waals surface area contributed by atoms with E-state index in [9.17, 15) is 4.79 Å². The van der Waals surface area contributed by atoms with Crippen molar-refractivity contribution in [1.82, 2.24) is 10.3 Å². The van der Waals surface area contributed by atoms with E-state index >= 15 is 0 Å². The summed E-state index contributed by atoms with van der Waals surface area (Å²) in [5.74, 6) is -0.274. The molecule has 0 saturated heterocycles. The summed E-state index contributed by atoms with van der Waals surface area (Å²) in [6.45, 7) is 1.80. The monoisotopic (exact) mass is 302 g/mol. The Kier molecular flexibility index (Phi) is 5.54. The molecule has 0 aromatic carbocycles. The van der Waals surface area contributed by atoms with Gasteiger partial charge >= 0.3 is 0 Å². The molecule has 0 saturated carbocycles. The van der Waals surface area contributed by atoms with Crippen LogP contribution in [0.3, 0.4) is 0 Å². The number of nitrogens with one attached hydrogen (secondary N) is 1. The van der Waals surface area contributed by atoms with Gasteiger partial charge in [0.05, 0.1) is 6.04 Å². The fourth-order valence-electron chi connectivity index (χ4n) is 1.40. The number of hydrogen-bond donors (Lipinski definition) is 1. The van der Waals surface area contributed by atoms with E-state index in [1.54, 1.807) is 25.3 Å². The maximum absolute atomic E-state index is 11.9. The van der Waals surface area contributed by atoms with Crippen molar-refractivity contribution < 1.29 is 14.3 Å². The topological polar surface area (TPSA) is 60.5 Å². The number of ether oxygens (including phenoxy) is 2. The first-order valence-corrected chi connectivity index (χ1v) is 5.86. The zero-order valence-corrected chi connectivity index (χ0v) is 11.5. The Bertz CT molecular complexity index is 383. The summed E-state index contributed by atoms with van der Waals surface area (Å²) in [5, 5.41) is 2.76. The maximum atomic E-state index is 11.9. The highest BCUT2D eigenvalue weighted by atomic mass is 79.9. The van der Waals surface area contributed by atoms with Gasteiger partial charge in [-0.2, -0.15) is 0 Å². The third kappa shape index (κ3) is 3.76. The van der Waals surface area contributed by atoms with Crippen LogP contribution in [-0.4, -0.2) is 37.4 Å². The highest BCUT2D eigenvalue weighted by Gasteiger charge is 2.20. The summed E-state index contributed by atoms with van der Waals surface area (Å²) in [7, 11) is 3.04. The molecular weight excluding hydrogens is 288 g/mol. The molecule has 1 atom stereocenters. The van der Waals surface area contributed by atoms with E-state index in [-0.39, 0.29) is 11.9 Å². The van der Waals surface area contributed by atoms with Crippen molar-refractivity contribution in [3.8, 4) is 0 Å². The number of halogens is 1. The lowest BCUT2D eigenvalue weighted by molar-refractivity contribution is -0.117. The molecule has 0 fully saturated rings. The first kappa shape index (κ1) is 14.1. The third-order valence-electron chi connectivity index (χ3n) is 2.21. The Balaban J connectivity index is 2.70. The van der Waals surface area contributed by atoms with E-state index in [1.807, 2.05) is 0 Å². The normalized spacial score (nSPS) is 12.5. The Labute approximate surface area is 109 Å². The number of carbonyl (C=O) groups is 1. The van der Waals surface area contributed by atoms with E-state index < -0.39 is 6.29 Å². The van der Waals surface area contributed by atoms with Gasteiger partial charge in [-0.05, 0) is 35.0 Å². The molecule has 1 N–H and O–H groups in total. The van der Waals surface area contributed by atoms with Gasteiger partial charge in [-0.15, -0.1) is 0 Å². The van der Waals surface area contributed by atoms with Crippen LogP contribution in [0.4, 0.5) is 0 Å². The summed E-state index contributed by atoms with van der Waals surface area (Å²) in [6.07, 6.45) is 1.08. The molecule has 17 heavy (non-hydrogen) atoms. The van der Waals surface area contributed by atoms with Crippen LogP contribution in [0.5, 0.6) is 0 Å². The van der Waals surface area contributed by atoms with Gasteiger partial charge in [-0.25, -0.2) is 4.98 Å². The first-order valence-electron chi connectivity index (χ1n) is 5.07. The molecule has 1 heterocycles. The molecule has 1 aromatic heterocycles. The minimum Gasteiger partial charge on any atom is -0.354 e. The smallest absolute Gasteiger partial charge is 0.271 e. The van der Waals surface area contributed by atoms with E-state index in [1.165, 1.54) is 14.2 Å². The summed E-state index contributed by atoms with van der Waals surface area (Å²) in [5.41, 5.74) is 0.338. The molecule has 1 aromatic rings. The number of pyridine rings is 1. The van der Waals surface area contributed by atoms with Crippen LogP contribution in [0, 0.1) is 0 Å². The molecule has 94 valence electrons. The van der Waals surface area contributed by atoms with Crippen LogP contribution < -0.4 is 5.32 Å². The largest absolute Gasteiger partial charge is 0.354 e. The third-order valence-corrected chi connectivity index (χ3v) is 2.85. The number of hydrogen-bond acceptors (Lipinski definition) is 4. The van der Waals surface area contributed by atoms with Gasteiger partial charge in [0, 0.05) is 24.9 Å². The van der Waals surface area contributed by atoms with Crippen LogP contribution in [0.25, 0.3) is 0 Å². The number of amides is 1.